The number of carbonyl (C=O) groups is 3. The summed E-state index contributed by atoms with van der Waals surface area (Å²) in [4.78, 5) is 40.1. The zero-order valence-electron chi connectivity index (χ0n) is 18.8. The van der Waals surface area contributed by atoms with Crippen molar-refractivity contribution in [2.45, 2.75) is 32.9 Å². The van der Waals surface area contributed by atoms with Gasteiger partial charge in [-0.1, -0.05) is 37.6 Å². The molecule has 0 saturated carbocycles. The second-order valence-corrected chi connectivity index (χ2v) is 9.29. The van der Waals surface area contributed by atoms with E-state index in [0.29, 0.717) is 28.8 Å². The maximum absolute atomic E-state index is 13.7. The minimum Gasteiger partial charge on any atom is -0.467 e. The maximum atomic E-state index is 13.7. The summed E-state index contributed by atoms with van der Waals surface area (Å²) in [6, 6.07) is 9.01. The highest BCUT2D eigenvalue weighted by Gasteiger charge is 2.35. The average molecular weight is 504 g/mol. The van der Waals surface area contributed by atoms with Gasteiger partial charge in [-0.15, -0.1) is 0 Å². The SMILES string of the molecule is CC(C)CCNC(=O)[C@H](c1ccc(Cl)cc1)N(Cc1ccco1)C(=O)c1snc(C(N)=O)c1N. The third-order valence-electron chi connectivity index (χ3n) is 5.09. The van der Waals surface area contributed by atoms with Crippen LogP contribution in [-0.4, -0.2) is 33.5 Å². The highest BCUT2D eigenvalue weighted by Crippen LogP contribution is 2.31. The summed E-state index contributed by atoms with van der Waals surface area (Å²) in [5.41, 5.74) is 11.6. The molecule has 5 N–H and O–H groups in total. The average Bonchev–Trinajstić information content (AvgIpc) is 3.43. The molecule has 3 rings (SSSR count). The van der Waals surface area contributed by atoms with E-state index in [0.717, 1.165) is 18.0 Å². The molecule has 11 heteroatoms. The molecule has 0 spiro atoms. The van der Waals surface area contributed by atoms with Crippen LogP contribution in [0.2, 0.25) is 5.02 Å². The van der Waals surface area contributed by atoms with Crippen LogP contribution in [0.25, 0.3) is 0 Å². The van der Waals surface area contributed by atoms with Crippen molar-refractivity contribution < 1.29 is 18.8 Å². The van der Waals surface area contributed by atoms with E-state index in [4.69, 9.17) is 27.5 Å². The normalized spacial score (nSPS) is 11.9. The lowest BCUT2D eigenvalue weighted by Gasteiger charge is -2.30. The zero-order chi connectivity index (χ0) is 24.8. The first-order valence-electron chi connectivity index (χ1n) is 10.6. The monoisotopic (exact) mass is 503 g/mol. The van der Waals surface area contributed by atoms with Crippen molar-refractivity contribution in [2.75, 3.05) is 12.3 Å². The lowest BCUT2D eigenvalue weighted by atomic mass is 10.0. The predicted molar refractivity (Wildman–Crippen MR) is 130 cm³/mol. The fraction of sp³-hybridized carbons (Fsp3) is 0.304. The van der Waals surface area contributed by atoms with Crippen molar-refractivity contribution in [3.8, 4) is 0 Å². The van der Waals surface area contributed by atoms with Gasteiger partial charge in [-0.25, -0.2) is 0 Å². The number of primary amides is 1. The Morgan fingerprint density at radius 3 is 2.47 bits per heavy atom. The van der Waals surface area contributed by atoms with Gasteiger partial charge in [-0.2, -0.15) is 4.37 Å². The number of hydrogen-bond acceptors (Lipinski definition) is 7. The van der Waals surface area contributed by atoms with Gasteiger partial charge in [0.05, 0.1) is 18.5 Å². The number of anilines is 1. The van der Waals surface area contributed by atoms with Gasteiger partial charge in [-0.3, -0.25) is 14.4 Å². The second kappa shape index (κ2) is 11.2. The minimum atomic E-state index is -1.03. The number of aromatic nitrogens is 1. The first-order chi connectivity index (χ1) is 16.2. The molecular formula is C23H26ClN5O4S. The van der Waals surface area contributed by atoms with Crippen molar-refractivity contribution in [3.63, 3.8) is 0 Å². The molecule has 9 nitrogen and oxygen atoms in total. The summed E-state index contributed by atoms with van der Waals surface area (Å²) >= 11 is 6.81. The number of nitrogen functional groups attached to an aromatic ring is 1. The highest BCUT2D eigenvalue weighted by atomic mass is 35.5. The number of nitrogens with zero attached hydrogens (tertiary/aromatic N) is 2. The fourth-order valence-corrected chi connectivity index (χ4v) is 4.20. The van der Waals surface area contributed by atoms with Crippen LogP contribution in [0.4, 0.5) is 5.69 Å². The lowest BCUT2D eigenvalue weighted by molar-refractivity contribution is -0.126. The number of nitrogens with one attached hydrogen (secondary N) is 1. The van der Waals surface area contributed by atoms with Crippen molar-refractivity contribution in [2.24, 2.45) is 11.7 Å². The van der Waals surface area contributed by atoms with Gasteiger partial charge in [0.15, 0.2) is 5.69 Å². The summed E-state index contributed by atoms with van der Waals surface area (Å²) < 4.78 is 9.38. The number of halogens is 1. The van der Waals surface area contributed by atoms with E-state index in [2.05, 4.69) is 23.5 Å². The quantitative estimate of drug-likeness (QED) is 0.385. The molecule has 3 amide bonds. The van der Waals surface area contributed by atoms with E-state index < -0.39 is 17.9 Å². The van der Waals surface area contributed by atoms with Crippen LogP contribution in [0.3, 0.4) is 0 Å². The molecule has 2 aromatic heterocycles. The van der Waals surface area contributed by atoms with Crippen LogP contribution >= 0.6 is 23.1 Å². The molecule has 0 aliphatic rings. The van der Waals surface area contributed by atoms with Gasteiger partial charge in [0.1, 0.15) is 16.7 Å². The zero-order valence-corrected chi connectivity index (χ0v) is 20.4. The van der Waals surface area contributed by atoms with Crippen LogP contribution in [0.5, 0.6) is 0 Å². The Hall–Kier alpha value is -3.37. The predicted octanol–water partition coefficient (Wildman–Crippen LogP) is 3.62. The lowest BCUT2D eigenvalue weighted by Crippen LogP contribution is -2.43. The number of carbonyl (C=O) groups excluding carboxylic acids is 3. The summed E-state index contributed by atoms with van der Waals surface area (Å²) in [6.45, 7) is 4.52. The van der Waals surface area contributed by atoms with E-state index in [-0.39, 0.29) is 28.7 Å². The first-order valence-corrected chi connectivity index (χ1v) is 11.8. The van der Waals surface area contributed by atoms with Gasteiger partial charge in [0, 0.05) is 11.6 Å². The van der Waals surface area contributed by atoms with Gasteiger partial charge in [0.25, 0.3) is 11.8 Å². The summed E-state index contributed by atoms with van der Waals surface area (Å²) in [5, 5.41) is 3.41. The van der Waals surface area contributed by atoms with Crippen LogP contribution in [0.15, 0.2) is 47.1 Å². The van der Waals surface area contributed by atoms with E-state index >= 15 is 0 Å². The molecule has 0 radical (unpaired) electrons. The van der Waals surface area contributed by atoms with Crippen LogP contribution < -0.4 is 16.8 Å². The number of amides is 3. The Kier molecular flexibility index (Phi) is 8.30. The largest absolute Gasteiger partial charge is 0.467 e. The number of rotatable bonds is 10. The number of nitrogens with two attached hydrogens (primary N) is 2. The van der Waals surface area contributed by atoms with Gasteiger partial charge < -0.3 is 26.1 Å². The molecule has 0 unspecified atom stereocenters. The third-order valence-corrected chi connectivity index (χ3v) is 6.19. The molecule has 0 saturated heterocycles. The summed E-state index contributed by atoms with van der Waals surface area (Å²) in [7, 11) is 0. The van der Waals surface area contributed by atoms with Gasteiger partial charge >= 0.3 is 0 Å². The van der Waals surface area contributed by atoms with Crippen LogP contribution in [-0.2, 0) is 11.3 Å². The van der Waals surface area contributed by atoms with Crippen molar-refractivity contribution in [3.05, 3.63) is 69.6 Å². The molecule has 3 aromatic rings. The second-order valence-electron chi connectivity index (χ2n) is 8.08. The molecule has 1 aromatic carbocycles. The van der Waals surface area contributed by atoms with Crippen LogP contribution in [0.1, 0.15) is 57.8 Å². The Morgan fingerprint density at radius 2 is 1.91 bits per heavy atom. The fourth-order valence-electron chi connectivity index (χ4n) is 3.31. The van der Waals surface area contributed by atoms with Gasteiger partial charge in [0.2, 0.25) is 5.91 Å². The Labute approximate surface area is 206 Å². The molecule has 0 aliphatic heterocycles. The highest BCUT2D eigenvalue weighted by molar-refractivity contribution is 7.09. The first kappa shape index (κ1) is 25.3. The smallest absolute Gasteiger partial charge is 0.270 e. The van der Waals surface area contributed by atoms with E-state index in [9.17, 15) is 14.4 Å². The third kappa shape index (κ3) is 5.95. The molecule has 180 valence electrons. The maximum Gasteiger partial charge on any atom is 0.270 e. The van der Waals surface area contributed by atoms with Crippen molar-refractivity contribution in [1.82, 2.24) is 14.6 Å². The molecule has 0 bridgehead atoms. The summed E-state index contributed by atoms with van der Waals surface area (Å²) in [5.74, 6) is -0.954. The van der Waals surface area contributed by atoms with E-state index in [1.807, 2.05) is 0 Å². The minimum absolute atomic E-state index is 0.00861. The van der Waals surface area contributed by atoms with E-state index in [1.165, 1.54) is 11.2 Å². The Morgan fingerprint density at radius 1 is 1.21 bits per heavy atom. The Balaban J connectivity index is 2.05. The van der Waals surface area contributed by atoms with E-state index in [1.54, 1.807) is 36.4 Å². The molecule has 2 heterocycles. The number of benzene rings is 1. The standard InChI is InChI=1S/C23H26ClN5O4S/c1-13(2)9-10-27-22(31)19(14-5-7-15(24)8-6-14)29(12-16-4-3-11-33-16)23(32)20-17(25)18(21(26)30)28-34-20/h3-8,11,13,19H,9-10,12,25H2,1-2H3,(H2,26,30)(H,27,31)/t19-/m0/s1. The van der Waals surface area contributed by atoms with Crippen molar-refractivity contribution >= 4 is 46.5 Å². The van der Waals surface area contributed by atoms with Crippen LogP contribution in [0, 0.1) is 5.92 Å². The topological polar surface area (TPSA) is 145 Å². The van der Waals surface area contributed by atoms with Gasteiger partial charge in [-0.05, 0) is 53.7 Å². The molecular weight excluding hydrogens is 478 g/mol. The summed E-state index contributed by atoms with van der Waals surface area (Å²) in [6.07, 6.45) is 2.25. The molecule has 0 fully saturated rings. The number of hydrogen-bond donors (Lipinski definition) is 3. The molecule has 0 aliphatic carbocycles. The molecule has 1 atom stereocenters. The Bertz CT molecular complexity index is 1140. The van der Waals surface area contributed by atoms with Crippen molar-refractivity contribution in [1.29, 1.82) is 0 Å². The number of furan rings is 1. The molecule has 34 heavy (non-hydrogen) atoms.